The van der Waals surface area contributed by atoms with Crippen molar-refractivity contribution in [3.63, 3.8) is 0 Å². The van der Waals surface area contributed by atoms with Crippen molar-refractivity contribution in [1.82, 2.24) is 0 Å². The molecule has 0 aromatic rings. The third kappa shape index (κ3) is 67.1. The van der Waals surface area contributed by atoms with E-state index in [4.69, 9.17) is 37.0 Å². The van der Waals surface area contributed by atoms with Crippen LogP contribution < -0.4 is 0 Å². The van der Waals surface area contributed by atoms with Crippen molar-refractivity contribution in [2.24, 2.45) is 0 Å². The predicted molar refractivity (Wildman–Crippen MR) is 381 cm³/mol. The van der Waals surface area contributed by atoms with Crippen molar-refractivity contribution >= 4 is 39.5 Å². The molecule has 546 valence electrons. The van der Waals surface area contributed by atoms with Crippen LogP contribution in [0.5, 0.6) is 0 Å². The maximum absolute atomic E-state index is 13.0. The number of rotatable bonds is 70. The van der Waals surface area contributed by atoms with Crippen LogP contribution in [0.3, 0.4) is 0 Å². The topological polar surface area (TPSA) is 237 Å². The van der Waals surface area contributed by atoms with Crippen molar-refractivity contribution in [1.29, 1.82) is 0 Å². The Morgan fingerprint density at radius 1 is 0.319 bits per heavy atom. The fraction of sp³-hybridized carbons (Fsp3) is 0.787. The van der Waals surface area contributed by atoms with Crippen LogP contribution in [0.15, 0.2) is 72.9 Å². The molecule has 94 heavy (non-hydrogen) atoms. The van der Waals surface area contributed by atoms with Crippen LogP contribution in [0.25, 0.3) is 0 Å². The van der Waals surface area contributed by atoms with E-state index in [1.165, 1.54) is 135 Å². The van der Waals surface area contributed by atoms with Gasteiger partial charge in [0.1, 0.15) is 19.3 Å². The van der Waals surface area contributed by atoms with E-state index in [1.807, 2.05) is 18.2 Å². The third-order valence-electron chi connectivity index (χ3n) is 15.7. The summed E-state index contributed by atoms with van der Waals surface area (Å²) in [5.74, 6) is -2.31. The van der Waals surface area contributed by atoms with Gasteiger partial charge in [-0.3, -0.25) is 37.3 Å². The van der Waals surface area contributed by atoms with E-state index in [0.717, 1.165) is 109 Å². The second kappa shape index (κ2) is 68.0. The highest BCUT2D eigenvalue weighted by Gasteiger charge is 2.30. The second-order valence-electron chi connectivity index (χ2n) is 24.9. The van der Waals surface area contributed by atoms with Crippen LogP contribution in [0, 0.1) is 0 Å². The summed E-state index contributed by atoms with van der Waals surface area (Å²) in [6.07, 6.45) is 66.4. The number of allylic oxidation sites excluding steroid dienone is 11. The molecule has 0 heterocycles. The van der Waals surface area contributed by atoms with Crippen LogP contribution >= 0.6 is 15.6 Å². The molecule has 0 radical (unpaired) electrons. The first-order valence-corrected chi connectivity index (χ1v) is 40.2. The molecule has 0 aliphatic rings. The maximum atomic E-state index is 13.0. The van der Waals surface area contributed by atoms with Crippen LogP contribution in [-0.2, 0) is 65.4 Å². The predicted octanol–water partition coefficient (Wildman–Crippen LogP) is 20.9. The summed E-state index contributed by atoms with van der Waals surface area (Å²) in [7, 11) is -9.95. The minimum atomic E-state index is -4.99. The first-order valence-electron chi connectivity index (χ1n) is 37.2. The number of phosphoric ester groups is 2. The average molecular weight is 1370 g/mol. The highest BCUT2D eigenvalue weighted by molar-refractivity contribution is 7.47. The average Bonchev–Trinajstić information content (AvgIpc) is 1.67. The SMILES string of the molecule is CC/C=C\C/C=C\C/C=C\C/C=C\C/C=C\CC(=O)OCC(COP(=O)(O)OCC(O)COP(=O)(O)OCC(COC(=O)CCCCCCCCCCCCCCC)OC(=O)CCCCCCCCCCCCCCC)OC(=O)CCCCCCC/C=C\CCCCCC. The van der Waals surface area contributed by atoms with Gasteiger partial charge in [-0.2, -0.15) is 0 Å². The van der Waals surface area contributed by atoms with Crippen molar-refractivity contribution in [2.45, 2.75) is 341 Å². The van der Waals surface area contributed by atoms with Gasteiger partial charge in [0, 0.05) is 19.3 Å². The Hall–Kier alpha value is -3.50. The van der Waals surface area contributed by atoms with Gasteiger partial charge < -0.3 is 33.8 Å². The van der Waals surface area contributed by atoms with Crippen LogP contribution in [0.2, 0.25) is 0 Å². The molecule has 17 nitrogen and oxygen atoms in total. The monoisotopic (exact) mass is 1370 g/mol. The summed E-state index contributed by atoms with van der Waals surface area (Å²) in [6.45, 7) is 4.65. The summed E-state index contributed by atoms with van der Waals surface area (Å²) in [5.41, 5.74) is 0. The fourth-order valence-corrected chi connectivity index (χ4v) is 11.6. The summed E-state index contributed by atoms with van der Waals surface area (Å²) >= 11 is 0. The lowest BCUT2D eigenvalue weighted by Gasteiger charge is -2.21. The highest BCUT2D eigenvalue weighted by atomic mass is 31.2. The van der Waals surface area contributed by atoms with Gasteiger partial charge in [0.25, 0.3) is 0 Å². The van der Waals surface area contributed by atoms with Crippen LogP contribution in [-0.4, -0.2) is 96.7 Å². The van der Waals surface area contributed by atoms with Gasteiger partial charge >= 0.3 is 39.5 Å². The van der Waals surface area contributed by atoms with E-state index < -0.39 is 97.5 Å². The van der Waals surface area contributed by atoms with Crippen LogP contribution in [0.4, 0.5) is 0 Å². The van der Waals surface area contributed by atoms with Gasteiger partial charge in [0.2, 0.25) is 0 Å². The molecule has 19 heteroatoms. The van der Waals surface area contributed by atoms with Gasteiger partial charge in [-0.1, -0.05) is 293 Å². The Labute approximate surface area is 571 Å². The number of carbonyl (C=O) groups is 4. The first-order chi connectivity index (χ1) is 45.7. The molecule has 5 atom stereocenters. The van der Waals surface area contributed by atoms with Crippen molar-refractivity contribution in [3.8, 4) is 0 Å². The molecule has 0 fully saturated rings. The van der Waals surface area contributed by atoms with Crippen molar-refractivity contribution in [2.75, 3.05) is 39.6 Å². The molecule has 0 saturated carbocycles. The lowest BCUT2D eigenvalue weighted by molar-refractivity contribution is -0.161. The molecule has 0 aromatic carbocycles. The molecule has 3 N–H and O–H groups in total. The Morgan fingerprint density at radius 3 is 0.947 bits per heavy atom. The number of aliphatic hydroxyl groups is 1. The van der Waals surface area contributed by atoms with Gasteiger partial charge in [0.15, 0.2) is 12.2 Å². The van der Waals surface area contributed by atoms with Gasteiger partial charge in [-0.05, 0) is 77.0 Å². The molecular formula is C75H134O17P2. The number of unbranched alkanes of at least 4 members (excludes halogenated alkanes) is 33. The first kappa shape index (κ1) is 90.5. The standard InChI is InChI=1S/C75H134O17P2/c1-5-9-13-17-21-25-29-33-34-38-40-44-48-52-56-60-73(78)86-66-71(92-75(80)62-58-54-50-46-42-37-32-28-24-20-16-12-8-4)68-90-94(83,84)88-64-69(76)63-87-93(81,82)89-67-70(91-74(79)61-57-53-49-45-41-36-31-27-23-19-15-11-7-3)65-85-72(77)59-55-51-47-43-39-35-30-26-22-18-14-10-6-2/h9,13,21,25,28,32-34,40,44,52,56,69-71,76H,5-8,10-12,14-20,22-24,26-27,29-31,35-39,41-43,45-51,53-55,57-68H2,1-4H3,(H,81,82)(H,83,84)/b13-9-,25-21-,32-28-,34-33-,44-40-,56-52-. The Bertz CT molecular complexity index is 2070. The van der Waals surface area contributed by atoms with Gasteiger partial charge in [0.05, 0.1) is 32.8 Å². The van der Waals surface area contributed by atoms with E-state index in [9.17, 15) is 43.2 Å². The zero-order chi connectivity index (χ0) is 69.0. The molecule has 5 unspecified atom stereocenters. The number of phosphoric acid groups is 2. The lowest BCUT2D eigenvalue weighted by atomic mass is 10.0. The molecule has 0 aromatic heterocycles. The summed E-state index contributed by atoms with van der Waals surface area (Å²) < 4.78 is 68.2. The minimum Gasteiger partial charge on any atom is -0.462 e. The van der Waals surface area contributed by atoms with E-state index in [-0.39, 0.29) is 25.7 Å². The minimum absolute atomic E-state index is 0.0679. The largest absolute Gasteiger partial charge is 0.472 e. The van der Waals surface area contributed by atoms with Crippen molar-refractivity contribution in [3.05, 3.63) is 72.9 Å². The molecule has 0 aliphatic heterocycles. The number of ether oxygens (including phenoxy) is 4. The second-order valence-corrected chi connectivity index (χ2v) is 27.8. The molecule has 0 bridgehead atoms. The Balaban J connectivity index is 5.38. The molecule has 0 amide bonds. The number of hydrogen-bond donors (Lipinski definition) is 3. The Kier molecular flexibility index (Phi) is 65.5. The van der Waals surface area contributed by atoms with E-state index >= 15 is 0 Å². The van der Waals surface area contributed by atoms with E-state index in [1.54, 1.807) is 6.08 Å². The summed E-state index contributed by atoms with van der Waals surface area (Å²) in [5, 5.41) is 10.6. The van der Waals surface area contributed by atoms with Gasteiger partial charge in [-0.15, -0.1) is 0 Å². The molecule has 0 rings (SSSR count). The summed E-state index contributed by atoms with van der Waals surface area (Å²) in [4.78, 5) is 72.6. The normalized spacial score (nSPS) is 14.4. The molecular weight excluding hydrogens is 1230 g/mol. The Morgan fingerprint density at radius 2 is 0.596 bits per heavy atom. The third-order valence-corrected chi connectivity index (χ3v) is 17.6. The smallest absolute Gasteiger partial charge is 0.462 e. The molecule has 0 aliphatic carbocycles. The zero-order valence-electron chi connectivity index (χ0n) is 59.4. The summed E-state index contributed by atoms with van der Waals surface area (Å²) in [6, 6.07) is 0. The maximum Gasteiger partial charge on any atom is 0.472 e. The number of esters is 4. The quantitative estimate of drug-likeness (QED) is 0.0169. The van der Waals surface area contributed by atoms with Gasteiger partial charge in [-0.25, -0.2) is 9.13 Å². The highest BCUT2D eigenvalue weighted by Crippen LogP contribution is 2.45. The number of carbonyl (C=O) groups excluding carboxylic acids is 4. The van der Waals surface area contributed by atoms with Crippen molar-refractivity contribution < 1.29 is 80.2 Å². The number of hydrogen-bond acceptors (Lipinski definition) is 15. The molecule has 0 spiro atoms. The zero-order valence-corrected chi connectivity index (χ0v) is 61.2. The van der Waals surface area contributed by atoms with E-state index in [2.05, 4.69) is 76.3 Å². The fourth-order valence-electron chi connectivity index (χ4n) is 10.1. The van der Waals surface area contributed by atoms with E-state index in [0.29, 0.717) is 25.7 Å². The molecule has 0 saturated heterocycles. The lowest BCUT2D eigenvalue weighted by Crippen LogP contribution is -2.30. The number of aliphatic hydroxyl groups excluding tert-OH is 1. The van der Waals surface area contributed by atoms with Crippen LogP contribution in [0.1, 0.15) is 323 Å².